The lowest BCUT2D eigenvalue weighted by Crippen LogP contribution is -1.99. The molecule has 0 fully saturated rings. The number of fused-ring (bicyclic) bond motifs is 1. The molecule has 0 aliphatic heterocycles. The first-order valence-electron chi connectivity index (χ1n) is 5.90. The molecule has 0 aliphatic carbocycles. The van der Waals surface area contributed by atoms with Gasteiger partial charge in [-0.3, -0.25) is 4.98 Å². The predicted octanol–water partition coefficient (Wildman–Crippen LogP) is 1.94. The molecular formula is C14H14N4. The summed E-state index contributed by atoms with van der Waals surface area (Å²) in [5.41, 5.74) is 8.73. The number of nitrogens with two attached hydrogens (primary N) is 1. The van der Waals surface area contributed by atoms with Crippen LogP contribution in [0, 0.1) is 0 Å². The first kappa shape index (κ1) is 10.9. The minimum absolute atomic E-state index is 0.476. The predicted molar refractivity (Wildman–Crippen MR) is 71.0 cm³/mol. The molecule has 0 aliphatic rings. The van der Waals surface area contributed by atoms with Crippen molar-refractivity contribution in [3.8, 4) is 0 Å². The van der Waals surface area contributed by atoms with Crippen LogP contribution >= 0.6 is 0 Å². The van der Waals surface area contributed by atoms with Crippen LogP contribution in [0.2, 0.25) is 0 Å². The molecule has 4 heteroatoms. The highest BCUT2D eigenvalue weighted by Gasteiger charge is 2.03. The molecule has 18 heavy (non-hydrogen) atoms. The van der Waals surface area contributed by atoms with Gasteiger partial charge in [0.2, 0.25) is 0 Å². The molecule has 90 valence electrons. The van der Waals surface area contributed by atoms with Gasteiger partial charge in [0.05, 0.1) is 17.5 Å². The van der Waals surface area contributed by atoms with Gasteiger partial charge in [0, 0.05) is 30.9 Å². The summed E-state index contributed by atoms with van der Waals surface area (Å²) in [6.45, 7) is 1.26. The van der Waals surface area contributed by atoms with Crippen LogP contribution in [0.1, 0.15) is 11.3 Å². The summed E-state index contributed by atoms with van der Waals surface area (Å²) in [4.78, 5) is 8.59. The lowest BCUT2D eigenvalue weighted by Gasteiger charge is -2.06. The van der Waals surface area contributed by atoms with Crippen molar-refractivity contribution in [3.05, 3.63) is 60.3 Å². The van der Waals surface area contributed by atoms with Crippen LogP contribution in [0.15, 0.2) is 49.1 Å². The molecular weight excluding hydrogens is 224 g/mol. The minimum Gasteiger partial charge on any atom is -0.333 e. The minimum atomic E-state index is 0.476. The third-order valence-corrected chi connectivity index (χ3v) is 2.99. The van der Waals surface area contributed by atoms with Crippen LogP contribution in [0.3, 0.4) is 0 Å². The Hall–Kier alpha value is -2.20. The van der Waals surface area contributed by atoms with Crippen LogP contribution < -0.4 is 5.73 Å². The fourth-order valence-corrected chi connectivity index (χ4v) is 2.09. The van der Waals surface area contributed by atoms with E-state index in [1.165, 1.54) is 10.9 Å². The van der Waals surface area contributed by atoms with E-state index in [9.17, 15) is 0 Å². The number of imidazole rings is 1. The number of rotatable bonds is 3. The number of para-hydroxylation sites is 1. The zero-order chi connectivity index (χ0) is 12.4. The molecule has 2 aromatic heterocycles. The highest BCUT2D eigenvalue weighted by molar-refractivity contribution is 5.81. The van der Waals surface area contributed by atoms with Gasteiger partial charge in [-0.2, -0.15) is 0 Å². The number of pyridine rings is 1. The molecule has 0 amide bonds. The molecule has 3 aromatic rings. The average molecular weight is 238 g/mol. The molecule has 0 saturated heterocycles. The van der Waals surface area contributed by atoms with Crippen molar-refractivity contribution in [2.24, 2.45) is 5.73 Å². The van der Waals surface area contributed by atoms with Gasteiger partial charge < -0.3 is 10.3 Å². The van der Waals surface area contributed by atoms with Gasteiger partial charge in [0.15, 0.2) is 0 Å². The number of benzene rings is 1. The van der Waals surface area contributed by atoms with Crippen LogP contribution in [0.25, 0.3) is 10.9 Å². The third kappa shape index (κ3) is 1.98. The van der Waals surface area contributed by atoms with Crippen LogP contribution in [0.4, 0.5) is 0 Å². The van der Waals surface area contributed by atoms with Gasteiger partial charge >= 0.3 is 0 Å². The maximum Gasteiger partial charge on any atom is 0.0953 e. The van der Waals surface area contributed by atoms with Crippen molar-refractivity contribution in [1.82, 2.24) is 14.5 Å². The van der Waals surface area contributed by atoms with Crippen molar-refractivity contribution < 1.29 is 0 Å². The summed E-state index contributed by atoms with van der Waals surface area (Å²) in [6.07, 6.45) is 5.64. The standard InChI is InChI=1S/C14H14N4/c15-7-12-9-18(10-17-12)8-11-5-6-16-14-4-2-1-3-13(11)14/h1-6,9-10H,7-8,15H2. The Bertz CT molecular complexity index is 667. The summed E-state index contributed by atoms with van der Waals surface area (Å²) >= 11 is 0. The fourth-order valence-electron chi connectivity index (χ4n) is 2.09. The lowest BCUT2D eigenvalue weighted by atomic mass is 10.1. The topological polar surface area (TPSA) is 56.7 Å². The Labute approximate surface area is 105 Å². The maximum absolute atomic E-state index is 5.56. The van der Waals surface area contributed by atoms with Gasteiger partial charge in [0.1, 0.15) is 0 Å². The van der Waals surface area contributed by atoms with E-state index in [0.717, 1.165) is 17.8 Å². The number of nitrogens with zero attached hydrogens (tertiary/aromatic N) is 3. The Morgan fingerprint density at radius 2 is 2.00 bits per heavy atom. The molecule has 2 N–H and O–H groups in total. The van der Waals surface area contributed by atoms with Crippen molar-refractivity contribution >= 4 is 10.9 Å². The Morgan fingerprint density at radius 3 is 2.83 bits per heavy atom. The third-order valence-electron chi connectivity index (χ3n) is 2.99. The largest absolute Gasteiger partial charge is 0.333 e. The van der Waals surface area contributed by atoms with E-state index in [4.69, 9.17) is 5.73 Å². The Balaban J connectivity index is 1.99. The zero-order valence-corrected chi connectivity index (χ0v) is 9.95. The second kappa shape index (κ2) is 4.58. The normalized spacial score (nSPS) is 10.9. The van der Waals surface area contributed by atoms with E-state index in [0.29, 0.717) is 6.54 Å². The first-order chi connectivity index (χ1) is 8.86. The van der Waals surface area contributed by atoms with Gasteiger partial charge in [0.25, 0.3) is 0 Å². The van der Waals surface area contributed by atoms with E-state index in [1.807, 2.05) is 47.6 Å². The molecule has 0 spiro atoms. The average Bonchev–Trinajstić information content (AvgIpc) is 2.87. The lowest BCUT2D eigenvalue weighted by molar-refractivity contribution is 0.800. The number of aromatic nitrogens is 3. The molecule has 0 bridgehead atoms. The van der Waals surface area contributed by atoms with Crippen LogP contribution in [0.5, 0.6) is 0 Å². The molecule has 1 aromatic carbocycles. The summed E-state index contributed by atoms with van der Waals surface area (Å²) in [6, 6.07) is 10.2. The fraction of sp³-hybridized carbons (Fsp3) is 0.143. The van der Waals surface area contributed by atoms with Gasteiger partial charge in [-0.05, 0) is 17.7 Å². The van der Waals surface area contributed by atoms with E-state index >= 15 is 0 Å². The summed E-state index contributed by atoms with van der Waals surface area (Å²) in [5, 5.41) is 1.18. The monoisotopic (exact) mass is 238 g/mol. The summed E-state index contributed by atoms with van der Waals surface area (Å²) < 4.78 is 2.05. The van der Waals surface area contributed by atoms with Crippen molar-refractivity contribution in [3.63, 3.8) is 0 Å². The van der Waals surface area contributed by atoms with Gasteiger partial charge in [-0.15, -0.1) is 0 Å². The molecule has 0 unspecified atom stereocenters. The molecule has 0 radical (unpaired) electrons. The van der Waals surface area contributed by atoms with Gasteiger partial charge in [-0.25, -0.2) is 4.98 Å². The SMILES string of the molecule is NCc1cn(Cc2ccnc3ccccc23)cn1. The number of hydrogen-bond donors (Lipinski definition) is 1. The molecule has 0 saturated carbocycles. The van der Waals surface area contributed by atoms with E-state index < -0.39 is 0 Å². The van der Waals surface area contributed by atoms with E-state index in [-0.39, 0.29) is 0 Å². The van der Waals surface area contributed by atoms with Crippen LogP contribution in [-0.2, 0) is 13.1 Å². The molecule has 3 rings (SSSR count). The second-order valence-electron chi connectivity index (χ2n) is 4.23. The van der Waals surface area contributed by atoms with Crippen molar-refractivity contribution in [2.75, 3.05) is 0 Å². The van der Waals surface area contributed by atoms with Crippen molar-refractivity contribution in [2.45, 2.75) is 13.1 Å². The van der Waals surface area contributed by atoms with Gasteiger partial charge in [-0.1, -0.05) is 18.2 Å². The van der Waals surface area contributed by atoms with E-state index in [2.05, 4.69) is 16.0 Å². The summed E-state index contributed by atoms with van der Waals surface area (Å²) in [5.74, 6) is 0. The quantitative estimate of drug-likeness (QED) is 0.758. The van der Waals surface area contributed by atoms with E-state index in [1.54, 1.807) is 0 Å². The molecule has 0 atom stereocenters. The highest BCUT2D eigenvalue weighted by Crippen LogP contribution is 2.17. The molecule has 4 nitrogen and oxygen atoms in total. The van der Waals surface area contributed by atoms with Crippen LogP contribution in [-0.4, -0.2) is 14.5 Å². The Morgan fingerprint density at radius 1 is 1.11 bits per heavy atom. The number of hydrogen-bond acceptors (Lipinski definition) is 3. The Kier molecular flexibility index (Phi) is 2.78. The maximum atomic E-state index is 5.56. The smallest absolute Gasteiger partial charge is 0.0953 e. The first-order valence-corrected chi connectivity index (χ1v) is 5.90. The molecule has 2 heterocycles. The highest BCUT2D eigenvalue weighted by atomic mass is 15.0. The zero-order valence-electron chi connectivity index (χ0n) is 9.95. The summed E-state index contributed by atoms with van der Waals surface area (Å²) in [7, 11) is 0. The second-order valence-corrected chi connectivity index (χ2v) is 4.23. The van der Waals surface area contributed by atoms with Crippen molar-refractivity contribution in [1.29, 1.82) is 0 Å².